The number of halogens is 1. The van der Waals surface area contributed by atoms with Gasteiger partial charge in [0.25, 0.3) is 0 Å². The van der Waals surface area contributed by atoms with Crippen molar-refractivity contribution < 1.29 is 14.4 Å². The molecule has 1 aliphatic rings. The van der Waals surface area contributed by atoms with Gasteiger partial charge in [0.05, 0.1) is 0 Å². The van der Waals surface area contributed by atoms with E-state index in [1.807, 2.05) is 6.07 Å². The topological polar surface area (TPSA) is 40.5 Å². The highest BCUT2D eigenvalue weighted by atomic mass is 19.1. The Hall–Kier alpha value is -1.13. The van der Waals surface area contributed by atoms with Crippen LogP contribution in [0, 0.1) is 11.7 Å². The number of unbranched alkanes of at least 4 members (excludes halogenated alkanes) is 1. The average molecular weight is 290 g/mol. The zero-order chi connectivity index (χ0) is 15.2. The number of allylic oxidation sites excluding steroid dienone is 2. The predicted molar refractivity (Wildman–Crippen MR) is 85.0 cm³/mol. The third kappa shape index (κ3) is 4.42. The van der Waals surface area contributed by atoms with Gasteiger partial charge in [-0.2, -0.15) is 0 Å². The Bertz CT molecular complexity index is 480. The van der Waals surface area contributed by atoms with Crippen molar-refractivity contribution in [2.75, 3.05) is 0 Å². The van der Waals surface area contributed by atoms with Crippen LogP contribution in [-0.2, 0) is 0 Å². The molecule has 21 heavy (non-hydrogen) atoms. The molecule has 1 aliphatic carbocycles. The maximum atomic E-state index is 13.8. The van der Waals surface area contributed by atoms with E-state index in [0.717, 1.165) is 37.7 Å². The van der Waals surface area contributed by atoms with Gasteiger partial charge < -0.3 is 10.0 Å². The number of hydrogen-bond acceptors (Lipinski definition) is 2. The minimum Gasteiger partial charge on any atom is -0.423 e. The van der Waals surface area contributed by atoms with E-state index < -0.39 is 12.9 Å². The van der Waals surface area contributed by atoms with E-state index in [-0.39, 0.29) is 5.46 Å². The first-order valence-electron chi connectivity index (χ1n) is 7.94. The molecule has 0 atom stereocenters. The van der Waals surface area contributed by atoms with Crippen molar-refractivity contribution in [2.45, 2.75) is 51.4 Å². The van der Waals surface area contributed by atoms with Gasteiger partial charge in [0.15, 0.2) is 0 Å². The van der Waals surface area contributed by atoms with Crippen molar-refractivity contribution in [3.8, 4) is 0 Å². The molecule has 0 unspecified atom stereocenters. The summed E-state index contributed by atoms with van der Waals surface area (Å²) in [6.45, 7) is 2.18. The van der Waals surface area contributed by atoms with E-state index >= 15 is 0 Å². The predicted octanol–water partition coefficient (Wildman–Crippen LogP) is 3.14. The van der Waals surface area contributed by atoms with Crippen molar-refractivity contribution in [1.29, 1.82) is 0 Å². The average Bonchev–Trinajstić information content (AvgIpc) is 2.48. The van der Waals surface area contributed by atoms with Crippen LogP contribution < -0.4 is 5.46 Å². The summed E-state index contributed by atoms with van der Waals surface area (Å²) in [7, 11) is -1.74. The lowest BCUT2D eigenvalue weighted by molar-refractivity contribution is 0.374. The molecule has 0 amide bonds. The van der Waals surface area contributed by atoms with Gasteiger partial charge in [0, 0.05) is 5.46 Å². The molecule has 0 heterocycles. The van der Waals surface area contributed by atoms with Crippen LogP contribution in [0.15, 0.2) is 30.4 Å². The fourth-order valence-electron chi connectivity index (χ4n) is 3.11. The quantitative estimate of drug-likeness (QED) is 0.646. The molecule has 4 heteroatoms. The second kappa shape index (κ2) is 7.76. The summed E-state index contributed by atoms with van der Waals surface area (Å²) in [5.41, 5.74) is 0.933. The largest absolute Gasteiger partial charge is 0.491 e. The minimum absolute atomic E-state index is 0.0464. The molecule has 2 N–H and O–H groups in total. The van der Waals surface area contributed by atoms with Crippen LogP contribution in [0.3, 0.4) is 0 Å². The van der Waals surface area contributed by atoms with Crippen LogP contribution in [0.1, 0.15) is 56.9 Å². The molecule has 2 nitrogen and oxygen atoms in total. The SMILES string of the molecule is CCC/C=C/C1CCC(c2ccc(B(O)O)c(F)c2)CC1. The summed E-state index contributed by atoms with van der Waals surface area (Å²) < 4.78 is 13.8. The molecule has 0 bridgehead atoms. The van der Waals surface area contributed by atoms with Crippen molar-refractivity contribution in [3.63, 3.8) is 0 Å². The highest BCUT2D eigenvalue weighted by Gasteiger charge is 2.23. The van der Waals surface area contributed by atoms with Crippen molar-refractivity contribution >= 4 is 12.6 Å². The molecular formula is C17H24BFO2. The van der Waals surface area contributed by atoms with Gasteiger partial charge in [-0.25, -0.2) is 4.39 Å². The second-order valence-corrected chi connectivity index (χ2v) is 5.98. The zero-order valence-electron chi connectivity index (χ0n) is 12.6. The van der Waals surface area contributed by atoms with Crippen molar-refractivity contribution in [1.82, 2.24) is 0 Å². The molecule has 1 fully saturated rings. The van der Waals surface area contributed by atoms with Crippen molar-refractivity contribution in [3.05, 3.63) is 41.7 Å². The van der Waals surface area contributed by atoms with Gasteiger partial charge in [0.2, 0.25) is 0 Å². The molecule has 2 rings (SSSR count). The lowest BCUT2D eigenvalue weighted by atomic mass is 9.75. The molecule has 114 valence electrons. The Balaban J connectivity index is 1.94. The monoisotopic (exact) mass is 290 g/mol. The maximum Gasteiger partial charge on any atom is 0.491 e. The van der Waals surface area contributed by atoms with Crippen LogP contribution in [0.5, 0.6) is 0 Å². The van der Waals surface area contributed by atoms with Crippen LogP contribution in [0.2, 0.25) is 0 Å². The first-order chi connectivity index (χ1) is 10.1. The van der Waals surface area contributed by atoms with Crippen LogP contribution in [0.25, 0.3) is 0 Å². The van der Waals surface area contributed by atoms with E-state index in [2.05, 4.69) is 19.1 Å². The van der Waals surface area contributed by atoms with E-state index in [4.69, 9.17) is 10.0 Å². The standard InChI is InChI=1S/C17H24BFO2/c1-2-3-4-5-13-6-8-14(9-7-13)15-10-11-16(18(20)21)17(19)12-15/h4-5,10-14,20-21H,2-3,6-9H2,1H3/b5-4+. The van der Waals surface area contributed by atoms with Crippen molar-refractivity contribution in [2.24, 2.45) is 5.92 Å². The molecule has 0 aromatic heterocycles. The van der Waals surface area contributed by atoms with Crippen LogP contribution in [-0.4, -0.2) is 17.2 Å². The summed E-state index contributed by atoms with van der Waals surface area (Å²) in [4.78, 5) is 0. The molecular weight excluding hydrogens is 266 g/mol. The third-order valence-corrected chi connectivity index (χ3v) is 4.41. The lowest BCUT2D eigenvalue weighted by Crippen LogP contribution is -2.32. The molecule has 0 radical (unpaired) electrons. The summed E-state index contributed by atoms with van der Waals surface area (Å²) >= 11 is 0. The van der Waals surface area contributed by atoms with E-state index in [1.54, 1.807) is 0 Å². The number of rotatable bonds is 5. The van der Waals surface area contributed by atoms with Gasteiger partial charge in [-0.3, -0.25) is 0 Å². The summed E-state index contributed by atoms with van der Waals surface area (Å²) in [6, 6.07) is 4.78. The van der Waals surface area contributed by atoms with Crippen LogP contribution in [0.4, 0.5) is 4.39 Å². The van der Waals surface area contributed by atoms with Gasteiger partial charge in [-0.05, 0) is 55.6 Å². The fourth-order valence-corrected chi connectivity index (χ4v) is 3.11. The van der Waals surface area contributed by atoms with Gasteiger partial charge in [-0.1, -0.05) is 37.6 Å². The lowest BCUT2D eigenvalue weighted by Gasteiger charge is -2.27. The number of benzene rings is 1. The molecule has 1 aromatic carbocycles. The Kier molecular flexibility index (Phi) is 6.01. The maximum absolute atomic E-state index is 13.8. The van der Waals surface area contributed by atoms with E-state index in [9.17, 15) is 4.39 Å². The Labute approximate surface area is 126 Å². The fraction of sp³-hybridized carbons (Fsp3) is 0.529. The minimum atomic E-state index is -1.74. The Morgan fingerprint density at radius 2 is 1.95 bits per heavy atom. The summed E-state index contributed by atoms with van der Waals surface area (Å²) in [6.07, 6.45) is 11.4. The van der Waals surface area contributed by atoms with Gasteiger partial charge >= 0.3 is 7.12 Å². The highest BCUT2D eigenvalue weighted by Crippen LogP contribution is 2.36. The van der Waals surface area contributed by atoms with Crippen LogP contribution >= 0.6 is 0 Å². The van der Waals surface area contributed by atoms with Gasteiger partial charge in [0.1, 0.15) is 5.82 Å². The Morgan fingerprint density at radius 1 is 1.24 bits per heavy atom. The molecule has 1 aromatic rings. The van der Waals surface area contributed by atoms with Gasteiger partial charge in [-0.15, -0.1) is 0 Å². The molecule has 0 spiro atoms. The first-order valence-corrected chi connectivity index (χ1v) is 7.94. The highest BCUT2D eigenvalue weighted by molar-refractivity contribution is 6.58. The number of hydrogen-bond donors (Lipinski definition) is 2. The normalized spacial score (nSPS) is 22.7. The second-order valence-electron chi connectivity index (χ2n) is 5.98. The molecule has 1 saturated carbocycles. The summed E-state index contributed by atoms with van der Waals surface area (Å²) in [5, 5.41) is 18.1. The third-order valence-electron chi connectivity index (χ3n) is 4.41. The molecule has 0 saturated heterocycles. The summed E-state index contributed by atoms with van der Waals surface area (Å²) in [5.74, 6) is 0.531. The zero-order valence-corrected chi connectivity index (χ0v) is 12.6. The Morgan fingerprint density at radius 3 is 2.52 bits per heavy atom. The molecule has 0 aliphatic heterocycles. The van der Waals surface area contributed by atoms with E-state index in [1.165, 1.54) is 18.6 Å². The van der Waals surface area contributed by atoms with E-state index in [0.29, 0.717) is 11.8 Å². The first kappa shape index (κ1) is 16.2. The smallest absolute Gasteiger partial charge is 0.423 e.